The third-order valence-electron chi connectivity index (χ3n) is 3.32. The molecule has 4 nitrogen and oxygen atoms in total. The van der Waals surface area contributed by atoms with Crippen LogP contribution in [0.4, 0.5) is 5.82 Å². The number of rotatable bonds is 7. The highest BCUT2D eigenvalue weighted by Gasteiger charge is 2.33. The summed E-state index contributed by atoms with van der Waals surface area (Å²) in [6.07, 6.45) is 4.15. The second-order valence-electron chi connectivity index (χ2n) is 5.18. The number of halogens is 1. The second kappa shape index (κ2) is 6.93. The van der Waals surface area contributed by atoms with E-state index in [0.717, 1.165) is 38.8 Å². The lowest BCUT2D eigenvalue weighted by Crippen LogP contribution is -2.34. The van der Waals surface area contributed by atoms with E-state index < -0.39 is 0 Å². The largest absolute Gasteiger partial charge is 0.370 e. The molecule has 1 aliphatic carbocycles. The lowest BCUT2D eigenvalue weighted by atomic mass is 10.2. The molecule has 1 aromatic heterocycles. The fourth-order valence-corrected chi connectivity index (χ4v) is 2.34. The molecular weight excluding hydrogens is 274 g/mol. The van der Waals surface area contributed by atoms with Gasteiger partial charge in [-0.15, -0.1) is 0 Å². The Labute approximate surface area is 125 Å². The van der Waals surface area contributed by atoms with Gasteiger partial charge in [-0.2, -0.15) is 0 Å². The SMILES string of the molecule is CCCNc1ccc(Cl)c(C(=O)N(CCC)C2CC2)n1. The van der Waals surface area contributed by atoms with Crippen LogP contribution in [0.2, 0.25) is 5.02 Å². The van der Waals surface area contributed by atoms with Gasteiger partial charge in [0.15, 0.2) is 0 Å². The molecule has 1 heterocycles. The van der Waals surface area contributed by atoms with Crippen molar-refractivity contribution in [3.8, 4) is 0 Å². The predicted octanol–water partition coefficient (Wildman–Crippen LogP) is 3.57. The summed E-state index contributed by atoms with van der Waals surface area (Å²) < 4.78 is 0. The number of anilines is 1. The Morgan fingerprint density at radius 3 is 2.75 bits per heavy atom. The van der Waals surface area contributed by atoms with E-state index >= 15 is 0 Å². The van der Waals surface area contributed by atoms with Crippen LogP contribution in [0, 0.1) is 0 Å². The molecule has 110 valence electrons. The Morgan fingerprint density at radius 2 is 2.15 bits per heavy atom. The topological polar surface area (TPSA) is 45.2 Å². The molecule has 0 bridgehead atoms. The average Bonchev–Trinajstić information content (AvgIpc) is 3.27. The van der Waals surface area contributed by atoms with E-state index in [1.165, 1.54) is 0 Å². The summed E-state index contributed by atoms with van der Waals surface area (Å²) in [5.74, 6) is 0.673. The molecule has 0 aliphatic heterocycles. The number of hydrogen-bond donors (Lipinski definition) is 1. The molecule has 1 saturated carbocycles. The molecule has 1 fully saturated rings. The molecule has 1 aromatic rings. The van der Waals surface area contributed by atoms with E-state index in [4.69, 9.17) is 11.6 Å². The fraction of sp³-hybridized carbons (Fsp3) is 0.600. The number of nitrogens with zero attached hydrogens (tertiary/aromatic N) is 2. The summed E-state index contributed by atoms with van der Waals surface area (Å²) in [4.78, 5) is 18.9. The number of carbonyl (C=O) groups excluding carboxylic acids is 1. The van der Waals surface area contributed by atoms with E-state index in [-0.39, 0.29) is 5.91 Å². The second-order valence-corrected chi connectivity index (χ2v) is 5.59. The van der Waals surface area contributed by atoms with Crippen molar-refractivity contribution in [1.82, 2.24) is 9.88 Å². The number of nitrogens with one attached hydrogen (secondary N) is 1. The standard InChI is InChI=1S/C15H22ClN3O/c1-3-9-17-13-8-7-12(16)14(18-13)15(20)19(10-4-2)11-5-6-11/h7-8,11H,3-6,9-10H2,1-2H3,(H,17,18). The van der Waals surface area contributed by atoms with Gasteiger partial charge in [-0.3, -0.25) is 4.79 Å². The van der Waals surface area contributed by atoms with Gasteiger partial charge in [0.1, 0.15) is 11.5 Å². The molecule has 0 spiro atoms. The molecule has 0 aromatic carbocycles. The predicted molar refractivity (Wildman–Crippen MR) is 82.4 cm³/mol. The number of carbonyl (C=O) groups is 1. The zero-order valence-corrected chi connectivity index (χ0v) is 12.9. The number of amides is 1. The summed E-state index contributed by atoms with van der Waals surface area (Å²) in [6.45, 7) is 5.78. The Balaban J connectivity index is 2.18. The zero-order chi connectivity index (χ0) is 14.5. The molecule has 0 radical (unpaired) electrons. The highest BCUT2D eigenvalue weighted by atomic mass is 35.5. The third kappa shape index (κ3) is 3.63. The van der Waals surface area contributed by atoms with Gasteiger partial charge >= 0.3 is 0 Å². The molecule has 5 heteroatoms. The molecule has 0 unspecified atom stereocenters. The van der Waals surface area contributed by atoms with Gasteiger partial charge in [-0.1, -0.05) is 25.4 Å². The first kappa shape index (κ1) is 15.1. The van der Waals surface area contributed by atoms with Crippen molar-refractivity contribution in [3.05, 3.63) is 22.8 Å². The van der Waals surface area contributed by atoms with E-state index in [2.05, 4.69) is 24.1 Å². The minimum Gasteiger partial charge on any atom is -0.370 e. The van der Waals surface area contributed by atoms with Crippen LogP contribution in [0.1, 0.15) is 50.0 Å². The molecule has 20 heavy (non-hydrogen) atoms. The van der Waals surface area contributed by atoms with Crippen LogP contribution in [0.3, 0.4) is 0 Å². The summed E-state index contributed by atoms with van der Waals surface area (Å²) in [6, 6.07) is 3.94. The van der Waals surface area contributed by atoms with Gasteiger partial charge in [-0.05, 0) is 37.8 Å². The van der Waals surface area contributed by atoms with Crippen LogP contribution < -0.4 is 5.32 Å². The van der Waals surface area contributed by atoms with Crippen molar-refractivity contribution in [2.24, 2.45) is 0 Å². The average molecular weight is 296 g/mol. The van der Waals surface area contributed by atoms with Crippen molar-refractivity contribution >= 4 is 23.3 Å². The van der Waals surface area contributed by atoms with E-state index in [1.54, 1.807) is 6.07 Å². The van der Waals surface area contributed by atoms with E-state index in [9.17, 15) is 4.79 Å². The monoisotopic (exact) mass is 295 g/mol. The van der Waals surface area contributed by atoms with E-state index in [0.29, 0.717) is 22.6 Å². The normalized spacial score (nSPS) is 14.2. The molecule has 2 rings (SSSR count). The lowest BCUT2D eigenvalue weighted by molar-refractivity contribution is 0.0737. The summed E-state index contributed by atoms with van der Waals surface area (Å²) in [5.41, 5.74) is 0.369. The Kier molecular flexibility index (Phi) is 5.24. The van der Waals surface area contributed by atoms with Crippen LogP contribution in [0.15, 0.2) is 12.1 Å². The molecule has 0 saturated heterocycles. The van der Waals surface area contributed by atoms with Gasteiger partial charge in [0.05, 0.1) is 5.02 Å². The van der Waals surface area contributed by atoms with Crippen molar-refractivity contribution in [1.29, 1.82) is 0 Å². The van der Waals surface area contributed by atoms with Gasteiger partial charge in [0.2, 0.25) is 0 Å². The van der Waals surface area contributed by atoms with Crippen molar-refractivity contribution < 1.29 is 4.79 Å². The molecule has 0 atom stereocenters. The number of aromatic nitrogens is 1. The minimum atomic E-state index is -0.0421. The van der Waals surface area contributed by atoms with Gasteiger partial charge in [0, 0.05) is 19.1 Å². The van der Waals surface area contributed by atoms with Gasteiger partial charge in [-0.25, -0.2) is 4.98 Å². The zero-order valence-electron chi connectivity index (χ0n) is 12.2. The van der Waals surface area contributed by atoms with Crippen LogP contribution >= 0.6 is 11.6 Å². The highest BCUT2D eigenvalue weighted by molar-refractivity contribution is 6.33. The fourth-order valence-electron chi connectivity index (χ4n) is 2.16. The maximum Gasteiger partial charge on any atom is 0.274 e. The third-order valence-corrected chi connectivity index (χ3v) is 3.62. The quantitative estimate of drug-likeness (QED) is 0.836. The van der Waals surface area contributed by atoms with Crippen molar-refractivity contribution in [2.75, 3.05) is 18.4 Å². The molecule has 1 N–H and O–H groups in total. The van der Waals surface area contributed by atoms with Crippen LogP contribution in [0.5, 0.6) is 0 Å². The van der Waals surface area contributed by atoms with Gasteiger partial charge in [0.25, 0.3) is 5.91 Å². The van der Waals surface area contributed by atoms with Crippen molar-refractivity contribution in [2.45, 2.75) is 45.6 Å². The summed E-state index contributed by atoms with van der Waals surface area (Å²) in [5, 5.41) is 3.62. The number of hydrogen-bond acceptors (Lipinski definition) is 3. The van der Waals surface area contributed by atoms with Crippen LogP contribution in [-0.4, -0.2) is 34.9 Å². The first-order valence-electron chi connectivity index (χ1n) is 7.38. The maximum atomic E-state index is 12.6. The Bertz CT molecular complexity index is 474. The smallest absolute Gasteiger partial charge is 0.274 e. The summed E-state index contributed by atoms with van der Waals surface area (Å²) >= 11 is 6.16. The summed E-state index contributed by atoms with van der Waals surface area (Å²) in [7, 11) is 0. The number of pyridine rings is 1. The Hall–Kier alpha value is -1.29. The minimum absolute atomic E-state index is 0.0421. The van der Waals surface area contributed by atoms with Crippen LogP contribution in [-0.2, 0) is 0 Å². The lowest BCUT2D eigenvalue weighted by Gasteiger charge is -2.22. The van der Waals surface area contributed by atoms with Crippen LogP contribution in [0.25, 0.3) is 0 Å². The Morgan fingerprint density at radius 1 is 1.40 bits per heavy atom. The first-order valence-corrected chi connectivity index (χ1v) is 7.76. The molecular formula is C15H22ClN3O. The maximum absolute atomic E-state index is 12.6. The first-order chi connectivity index (χ1) is 9.67. The van der Waals surface area contributed by atoms with E-state index in [1.807, 2.05) is 11.0 Å². The molecule has 1 aliphatic rings. The van der Waals surface area contributed by atoms with Gasteiger partial charge < -0.3 is 10.2 Å². The van der Waals surface area contributed by atoms with Crippen molar-refractivity contribution in [3.63, 3.8) is 0 Å². The highest BCUT2D eigenvalue weighted by Crippen LogP contribution is 2.29. The molecule has 1 amide bonds.